The van der Waals surface area contributed by atoms with Crippen molar-refractivity contribution in [3.8, 4) is 0 Å². The van der Waals surface area contributed by atoms with E-state index in [0.29, 0.717) is 6.07 Å². The summed E-state index contributed by atoms with van der Waals surface area (Å²) in [4.78, 5) is 0. The molecule has 0 aliphatic rings. The molecule has 3 N–H and O–H groups in total. The molecule has 0 heterocycles. The van der Waals surface area contributed by atoms with Gasteiger partial charge >= 0.3 is 6.18 Å². The maximum absolute atomic E-state index is 13.6. The lowest BCUT2D eigenvalue weighted by molar-refractivity contribution is -0.137. The molecule has 0 saturated carbocycles. The average Bonchev–Trinajstić information content (AvgIpc) is 2.40. The first kappa shape index (κ1) is 15.2. The zero-order valence-corrected chi connectivity index (χ0v) is 10.5. The molecule has 0 aliphatic carbocycles. The van der Waals surface area contributed by atoms with E-state index in [9.17, 15) is 27.1 Å². The second kappa shape index (κ2) is 5.33. The molecular formula is C14H10F5NO. The number of aliphatic hydroxyl groups is 1. The van der Waals surface area contributed by atoms with Crippen LogP contribution in [-0.4, -0.2) is 5.11 Å². The van der Waals surface area contributed by atoms with Gasteiger partial charge in [0.25, 0.3) is 0 Å². The van der Waals surface area contributed by atoms with Crippen LogP contribution in [0.1, 0.15) is 22.8 Å². The van der Waals surface area contributed by atoms with Crippen molar-refractivity contribution in [2.45, 2.75) is 12.3 Å². The van der Waals surface area contributed by atoms with Gasteiger partial charge in [0, 0.05) is 16.8 Å². The Hall–Kier alpha value is -2.15. The number of rotatable bonds is 2. The van der Waals surface area contributed by atoms with Crippen molar-refractivity contribution >= 4 is 5.69 Å². The van der Waals surface area contributed by atoms with Crippen LogP contribution in [0.3, 0.4) is 0 Å². The number of anilines is 1. The first-order valence-electron chi connectivity index (χ1n) is 5.80. The van der Waals surface area contributed by atoms with Gasteiger partial charge < -0.3 is 10.8 Å². The largest absolute Gasteiger partial charge is 0.416 e. The highest BCUT2D eigenvalue weighted by atomic mass is 19.4. The highest BCUT2D eigenvalue weighted by molar-refractivity contribution is 5.52. The summed E-state index contributed by atoms with van der Waals surface area (Å²) in [7, 11) is 0. The third-order valence-corrected chi connectivity index (χ3v) is 2.98. The summed E-state index contributed by atoms with van der Waals surface area (Å²) in [5.74, 6) is -2.54. The number of aliphatic hydroxyl groups excluding tert-OH is 1. The van der Waals surface area contributed by atoms with Crippen molar-refractivity contribution < 1.29 is 27.1 Å². The minimum absolute atomic E-state index is 0.154. The number of nitrogen functional groups attached to an aromatic ring is 1. The Kier molecular flexibility index (Phi) is 3.87. The average molecular weight is 303 g/mol. The maximum atomic E-state index is 13.6. The van der Waals surface area contributed by atoms with E-state index >= 15 is 0 Å². The third kappa shape index (κ3) is 2.97. The van der Waals surface area contributed by atoms with Gasteiger partial charge in [-0.15, -0.1) is 0 Å². The van der Waals surface area contributed by atoms with Crippen LogP contribution in [0.5, 0.6) is 0 Å². The lowest BCUT2D eigenvalue weighted by atomic mass is 9.97. The Labute approximate surface area is 116 Å². The summed E-state index contributed by atoms with van der Waals surface area (Å²) < 4.78 is 64.7. The van der Waals surface area contributed by atoms with Crippen molar-refractivity contribution in [2.75, 3.05) is 5.73 Å². The molecule has 0 saturated heterocycles. The number of alkyl halides is 3. The lowest BCUT2D eigenvalue weighted by Gasteiger charge is -2.17. The van der Waals surface area contributed by atoms with Gasteiger partial charge in [-0.2, -0.15) is 13.2 Å². The van der Waals surface area contributed by atoms with E-state index < -0.39 is 35.0 Å². The van der Waals surface area contributed by atoms with E-state index in [2.05, 4.69) is 0 Å². The van der Waals surface area contributed by atoms with Crippen LogP contribution in [0.4, 0.5) is 27.6 Å². The fraction of sp³-hybridized carbons (Fsp3) is 0.143. The van der Waals surface area contributed by atoms with Crippen molar-refractivity contribution in [2.24, 2.45) is 0 Å². The summed E-state index contributed by atoms with van der Waals surface area (Å²) in [5.41, 5.74) is 3.50. The number of halogens is 5. The van der Waals surface area contributed by atoms with E-state index in [-0.39, 0.29) is 11.3 Å². The lowest BCUT2D eigenvalue weighted by Crippen LogP contribution is -2.11. The van der Waals surface area contributed by atoms with Gasteiger partial charge in [0.1, 0.15) is 6.10 Å². The van der Waals surface area contributed by atoms with Gasteiger partial charge in [0.2, 0.25) is 0 Å². The van der Waals surface area contributed by atoms with Crippen molar-refractivity contribution in [3.63, 3.8) is 0 Å². The molecule has 112 valence electrons. The summed E-state index contributed by atoms with van der Waals surface area (Å²) in [6.07, 6.45) is -6.44. The van der Waals surface area contributed by atoms with Gasteiger partial charge in [0.15, 0.2) is 11.6 Å². The molecule has 21 heavy (non-hydrogen) atoms. The fourth-order valence-corrected chi connectivity index (χ4v) is 1.89. The van der Waals surface area contributed by atoms with E-state index in [0.717, 1.165) is 30.3 Å². The summed E-state index contributed by atoms with van der Waals surface area (Å²) in [6.45, 7) is 0. The van der Waals surface area contributed by atoms with Gasteiger partial charge in [-0.25, -0.2) is 8.78 Å². The zero-order chi connectivity index (χ0) is 15.8. The Bertz CT molecular complexity index is 669. The predicted molar refractivity (Wildman–Crippen MR) is 66.3 cm³/mol. The van der Waals surface area contributed by atoms with Crippen molar-refractivity contribution in [3.05, 3.63) is 64.7 Å². The van der Waals surface area contributed by atoms with Crippen LogP contribution in [0.2, 0.25) is 0 Å². The molecule has 0 aromatic heterocycles. The standard InChI is InChI=1S/C14H10F5NO/c15-10-3-1-2-8(12(10)16)13(21)9-6-7(14(17,18)19)4-5-11(9)20/h1-6,13,21H,20H2. The summed E-state index contributed by atoms with van der Waals surface area (Å²) in [6, 6.07) is 5.36. The molecule has 2 aromatic carbocycles. The molecule has 2 nitrogen and oxygen atoms in total. The van der Waals surface area contributed by atoms with Gasteiger partial charge in [-0.05, 0) is 24.3 Å². The first-order chi connectivity index (χ1) is 9.71. The van der Waals surface area contributed by atoms with Crippen LogP contribution in [0, 0.1) is 11.6 Å². The quantitative estimate of drug-likeness (QED) is 0.657. The summed E-state index contributed by atoms with van der Waals surface area (Å²) in [5, 5.41) is 10.0. The normalized spacial score (nSPS) is 13.2. The van der Waals surface area contributed by atoms with Gasteiger partial charge in [-0.3, -0.25) is 0 Å². The molecule has 1 unspecified atom stereocenters. The molecule has 7 heteroatoms. The first-order valence-corrected chi connectivity index (χ1v) is 5.80. The molecule has 0 aliphatic heterocycles. The van der Waals surface area contributed by atoms with Crippen LogP contribution >= 0.6 is 0 Å². The van der Waals surface area contributed by atoms with E-state index in [4.69, 9.17) is 5.73 Å². The zero-order valence-electron chi connectivity index (χ0n) is 10.5. The molecule has 0 spiro atoms. The van der Waals surface area contributed by atoms with E-state index in [1.807, 2.05) is 0 Å². The fourth-order valence-electron chi connectivity index (χ4n) is 1.89. The SMILES string of the molecule is Nc1ccc(C(F)(F)F)cc1C(O)c1cccc(F)c1F. The maximum Gasteiger partial charge on any atom is 0.416 e. The minimum atomic E-state index is -4.64. The number of benzene rings is 2. The third-order valence-electron chi connectivity index (χ3n) is 2.98. The van der Waals surface area contributed by atoms with Crippen LogP contribution in [-0.2, 0) is 6.18 Å². The smallest absolute Gasteiger partial charge is 0.398 e. The van der Waals surface area contributed by atoms with Crippen LogP contribution in [0.15, 0.2) is 36.4 Å². The predicted octanol–water partition coefficient (Wildman–Crippen LogP) is 3.65. The topological polar surface area (TPSA) is 46.2 Å². The Morgan fingerprint density at radius 1 is 1.00 bits per heavy atom. The Morgan fingerprint density at radius 3 is 2.29 bits per heavy atom. The number of hydrogen-bond donors (Lipinski definition) is 2. The second-order valence-electron chi connectivity index (χ2n) is 4.39. The highest BCUT2D eigenvalue weighted by Gasteiger charge is 2.32. The van der Waals surface area contributed by atoms with E-state index in [1.54, 1.807) is 0 Å². The minimum Gasteiger partial charge on any atom is -0.398 e. The number of nitrogens with two attached hydrogens (primary N) is 1. The second-order valence-corrected chi connectivity index (χ2v) is 4.39. The Morgan fingerprint density at radius 2 is 1.67 bits per heavy atom. The Balaban J connectivity index is 2.53. The molecule has 0 radical (unpaired) electrons. The van der Waals surface area contributed by atoms with Crippen molar-refractivity contribution in [1.29, 1.82) is 0 Å². The van der Waals surface area contributed by atoms with Gasteiger partial charge in [0.05, 0.1) is 5.56 Å². The molecular weight excluding hydrogens is 293 g/mol. The molecule has 0 amide bonds. The van der Waals surface area contributed by atoms with Crippen LogP contribution < -0.4 is 5.73 Å². The molecule has 2 aromatic rings. The van der Waals surface area contributed by atoms with Crippen molar-refractivity contribution in [1.82, 2.24) is 0 Å². The highest BCUT2D eigenvalue weighted by Crippen LogP contribution is 2.35. The van der Waals surface area contributed by atoms with Crippen LogP contribution in [0.25, 0.3) is 0 Å². The monoisotopic (exact) mass is 303 g/mol. The molecule has 2 rings (SSSR count). The van der Waals surface area contributed by atoms with Gasteiger partial charge in [-0.1, -0.05) is 12.1 Å². The number of hydrogen-bond acceptors (Lipinski definition) is 2. The molecule has 0 bridgehead atoms. The molecule has 0 fully saturated rings. The van der Waals surface area contributed by atoms with E-state index in [1.165, 1.54) is 0 Å². The summed E-state index contributed by atoms with van der Waals surface area (Å²) >= 11 is 0. The molecule has 1 atom stereocenters.